The lowest BCUT2D eigenvalue weighted by Crippen LogP contribution is -2.28. The van der Waals surface area contributed by atoms with Gasteiger partial charge in [0.2, 0.25) is 0 Å². The highest BCUT2D eigenvalue weighted by Crippen LogP contribution is 2.21. The molecule has 0 bridgehead atoms. The van der Waals surface area contributed by atoms with E-state index in [0.29, 0.717) is 29.8 Å². The van der Waals surface area contributed by atoms with Crippen molar-refractivity contribution in [2.24, 2.45) is 0 Å². The van der Waals surface area contributed by atoms with Crippen LogP contribution in [-0.2, 0) is 16.1 Å². The van der Waals surface area contributed by atoms with Gasteiger partial charge in [0.1, 0.15) is 6.10 Å². The highest BCUT2D eigenvalue weighted by Gasteiger charge is 2.24. The summed E-state index contributed by atoms with van der Waals surface area (Å²) < 4.78 is 5.36. The fraction of sp³-hybridized carbons (Fsp3) is 0.300. The maximum Gasteiger partial charge on any atom is 0.274 e. The zero-order valence-corrected chi connectivity index (χ0v) is 15.5. The summed E-state index contributed by atoms with van der Waals surface area (Å²) in [7, 11) is 1.58. The summed E-state index contributed by atoms with van der Waals surface area (Å²) >= 11 is 0. The molecular weight excluding hydrogens is 362 g/mol. The standard InChI is InChI=1S/C20H21N3O5/c1-22(13-15-6-2-3-9-17(15)23(26)27)20(25)14-7-4-8-16(12-14)21-19(24)18-10-5-11-28-18/h2-4,6-9,12,18H,5,10-11,13H2,1H3,(H,21,24). The van der Waals surface area contributed by atoms with E-state index >= 15 is 0 Å². The Morgan fingerprint density at radius 2 is 2.04 bits per heavy atom. The van der Waals surface area contributed by atoms with E-state index in [1.807, 2.05) is 0 Å². The van der Waals surface area contributed by atoms with Crippen molar-refractivity contribution in [3.8, 4) is 0 Å². The number of nitro benzene ring substituents is 1. The number of carbonyl (C=O) groups excluding carboxylic acids is 2. The minimum atomic E-state index is -0.463. The number of benzene rings is 2. The van der Waals surface area contributed by atoms with Crippen LogP contribution in [0.2, 0.25) is 0 Å². The van der Waals surface area contributed by atoms with Gasteiger partial charge in [0.15, 0.2) is 0 Å². The number of anilines is 1. The van der Waals surface area contributed by atoms with Crippen LogP contribution in [0.4, 0.5) is 11.4 Å². The Hall–Kier alpha value is -3.26. The second-order valence-electron chi connectivity index (χ2n) is 6.62. The smallest absolute Gasteiger partial charge is 0.274 e. The van der Waals surface area contributed by atoms with Crippen LogP contribution in [0.15, 0.2) is 48.5 Å². The number of rotatable bonds is 6. The molecule has 0 aromatic heterocycles. The number of nitrogens with one attached hydrogen (secondary N) is 1. The lowest BCUT2D eigenvalue weighted by atomic mass is 10.1. The highest BCUT2D eigenvalue weighted by molar-refractivity contribution is 5.98. The van der Waals surface area contributed by atoms with Gasteiger partial charge in [0, 0.05) is 36.5 Å². The van der Waals surface area contributed by atoms with E-state index < -0.39 is 11.0 Å². The normalized spacial score (nSPS) is 15.8. The highest BCUT2D eigenvalue weighted by atomic mass is 16.6. The van der Waals surface area contributed by atoms with Gasteiger partial charge in [-0.05, 0) is 31.0 Å². The number of carbonyl (C=O) groups is 2. The molecule has 2 aromatic rings. The van der Waals surface area contributed by atoms with Crippen molar-refractivity contribution >= 4 is 23.2 Å². The molecule has 1 saturated heterocycles. The van der Waals surface area contributed by atoms with E-state index in [4.69, 9.17) is 4.74 Å². The molecule has 0 aliphatic carbocycles. The monoisotopic (exact) mass is 383 g/mol. The number of nitrogens with zero attached hydrogens (tertiary/aromatic N) is 2. The van der Waals surface area contributed by atoms with Crippen molar-refractivity contribution in [1.82, 2.24) is 4.90 Å². The van der Waals surface area contributed by atoms with Gasteiger partial charge in [-0.25, -0.2) is 0 Å². The molecule has 1 aliphatic rings. The molecule has 0 spiro atoms. The molecule has 1 fully saturated rings. The Morgan fingerprint density at radius 3 is 2.75 bits per heavy atom. The fourth-order valence-corrected chi connectivity index (χ4v) is 3.11. The average Bonchev–Trinajstić information content (AvgIpc) is 3.23. The molecule has 1 heterocycles. The van der Waals surface area contributed by atoms with Gasteiger partial charge in [-0.3, -0.25) is 19.7 Å². The van der Waals surface area contributed by atoms with Crippen molar-refractivity contribution in [3.05, 3.63) is 69.8 Å². The second kappa shape index (κ2) is 8.62. The average molecular weight is 383 g/mol. The minimum Gasteiger partial charge on any atom is -0.368 e. The Balaban J connectivity index is 1.70. The molecule has 28 heavy (non-hydrogen) atoms. The molecule has 1 N–H and O–H groups in total. The summed E-state index contributed by atoms with van der Waals surface area (Å²) in [6.07, 6.45) is 1.08. The molecule has 8 nitrogen and oxygen atoms in total. The first-order chi connectivity index (χ1) is 13.5. The van der Waals surface area contributed by atoms with Crippen molar-refractivity contribution in [2.45, 2.75) is 25.5 Å². The number of hydrogen-bond acceptors (Lipinski definition) is 5. The fourth-order valence-electron chi connectivity index (χ4n) is 3.11. The predicted molar refractivity (Wildman–Crippen MR) is 103 cm³/mol. The van der Waals surface area contributed by atoms with Crippen LogP contribution >= 0.6 is 0 Å². The molecule has 1 atom stereocenters. The van der Waals surface area contributed by atoms with Gasteiger partial charge in [-0.1, -0.05) is 24.3 Å². The quantitative estimate of drug-likeness (QED) is 0.610. The third kappa shape index (κ3) is 4.52. The van der Waals surface area contributed by atoms with Crippen LogP contribution in [0.25, 0.3) is 0 Å². The molecule has 1 aliphatic heterocycles. The molecule has 1 unspecified atom stereocenters. The molecule has 3 rings (SSSR count). The van der Waals surface area contributed by atoms with Crippen LogP contribution in [0.5, 0.6) is 0 Å². The van der Waals surface area contributed by atoms with Gasteiger partial charge in [-0.2, -0.15) is 0 Å². The first-order valence-corrected chi connectivity index (χ1v) is 8.96. The van der Waals surface area contributed by atoms with Crippen LogP contribution in [0.1, 0.15) is 28.8 Å². The number of hydrogen-bond donors (Lipinski definition) is 1. The largest absolute Gasteiger partial charge is 0.368 e. The van der Waals surface area contributed by atoms with Crippen molar-refractivity contribution in [3.63, 3.8) is 0 Å². The summed E-state index contributed by atoms with van der Waals surface area (Å²) in [5.41, 5.74) is 1.31. The Labute approximate surface area is 162 Å². The van der Waals surface area contributed by atoms with E-state index in [9.17, 15) is 19.7 Å². The lowest BCUT2D eigenvalue weighted by Gasteiger charge is -2.18. The maximum absolute atomic E-state index is 12.7. The topological polar surface area (TPSA) is 102 Å². The summed E-state index contributed by atoms with van der Waals surface area (Å²) in [4.78, 5) is 37.0. The minimum absolute atomic E-state index is 0.0280. The van der Waals surface area contributed by atoms with Crippen molar-refractivity contribution in [2.75, 3.05) is 19.0 Å². The summed E-state index contributed by atoms with van der Waals surface area (Å²) in [6, 6.07) is 12.9. The third-order valence-corrected chi connectivity index (χ3v) is 4.54. The Kier molecular flexibility index (Phi) is 6.00. The number of nitro groups is 1. The van der Waals surface area contributed by atoms with Crippen LogP contribution in [-0.4, -0.2) is 41.4 Å². The van der Waals surface area contributed by atoms with Gasteiger partial charge in [-0.15, -0.1) is 0 Å². The predicted octanol–water partition coefficient (Wildman–Crippen LogP) is 2.98. The summed E-state index contributed by atoms with van der Waals surface area (Å²) in [5, 5.41) is 13.9. The lowest BCUT2D eigenvalue weighted by molar-refractivity contribution is -0.385. The molecular formula is C20H21N3O5. The molecule has 0 saturated carbocycles. The van der Waals surface area contributed by atoms with E-state index in [-0.39, 0.29) is 24.0 Å². The molecule has 0 radical (unpaired) electrons. The zero-order valence-electron chi connectivity index (χ0n) is 15.5. The van der Waals surface area contributed by atoms with E-state index in [1.54, 1.807) is 49.5 Å². The van der Waals surface area contributed by atoms with Gasteiger partial charge < -0.3 is 15.0 Å². The van der Waals surface area contributed by atoms with E-state index in [0.717, 1.165) is 6.42 Å². The van der Waals surface area contributed by atoms with E-state index in [1.165, 1.54) is 11.0 Å². The molecule has 2 aromatic carbocycles. The third-order valence-electron chi connectivity index (χ3n) is 4.54. The number of ether oxygens (including phenoxy) is 1. The summed E-state index contributed by atoms with van der Waals surface area (Å²) in [6.45, 7) is 0.676. The summed E-state index contributed by atoms with van der Waals surface area (Å²) in [5.74, 6) is -0.526. The Bertz CT molecular complexity index is 893. The van der Waals surface area contributed by atoms with Crippen LogP contribution < -0.4 is 5.32 Å². The SMILES string of the molecule is CN(Cc1ccccc1[N+](=O)[O-])C(=O)c1cccc(NC(=O)C2CCCO2)c1. The maximum atomic E-state index is 12.7. The zero-order chi connectivity index (χ0) is 20.1. The van der Waals surface area contributed by atoms with Crippen molar-refractivity contribution < 1.29 is 19.2 Å². The molecule has 2 amide bonds. The first kappa shape index (κ1) is 19.5. The Morgan fingerprint density at radius 1 is 1.25 bits per heavy atom. The van der Waals surface area contributed by atoms with Gasteiger partial charge in [0.05, 0.1) is 11.5 Å². The molecule has 8 heteroatoms. The van der Waals surface area contributed by atoms with Gasteiger partial charge >= 0.3 is 0 Å². The second-order valence-corrected chi connectivity index (χ2v) is 6.62. The van der Waals surface area contributed by atoms with Crippen LogP contribution in [0.3, 0.4) is 0 Å². The molecule has 146 valence electrons. The van der Waals surface area contributed by atoms with Crippen molar-refractivity contribution in [1.29, 1.82) is 0 Å². The first-order valence-electron chi connectivity index (χ1n) is 8.96. The van der Waals surface area contributed by atoms with Gasteiger partial charge in [0.25, 0.3) is 17.5 Å². The number of para-hydroxylation sites is 1. The van der Waals surface area contributed by atoms with Crippen LogP contribution in [0, 0.1) is 10.1 Å². The number of amides is 2. The van der Waals surface area contributed by atoms with E-state index in [2.05, 4.69) is 5.32 Å².